The average Bonchev–Trinajstić information content (AvgIpc) is 2.46. The number of non-ortho nitro benzene ring substituents is 1. The summed E-state index contributed by atoms with van der Waals surface area (Å²) in [6.07, 6.45) is 0.615. The van der Waals surface area contributed by atoms with E-state index >= 15 is 0 Å². The van der Waals surface area contributed by atoms with E-state index in [1.807, 2.05) is 6.92 Å². The van der Waals surface area contributed by atoms with E-state index in [0.717, 1.165) is 12.6 Å². The molecule has 0 aliphatic heterocycles. The summed E-state index contributed by atoms with van der Waals surface area (Å²) in [5.74, 6) is 0.0692. The van der Waals surface area contributed by atoms with Gasteiger partial charge in [0.2, 0.25) is 10.0 Å². The zero-order valence-electron chi connectivity index (χ0n) is 12.0. The maximum atomic E-state index is 12.2. The van der Waals surface area contributed by atoms with Crippen molar-refractivity contribution in [3.8, 4) is 5.75 Å². The van der Waals surface area contributed by atoms with Gasteiger partial charge in [-0.3, -0.25) is 10.1 Å². The van der Waals surface area contributed by atoms with Crippen LogP contribution in [-0.2, 0) is 10.0 Å². The zero-order valence-corrected chi connectivity index (χ0v) is 12.8. The second-order valence-electron chi connectivity index (χ2n) is 4.20. The van der Waals surface area contributed by atoms with E-state index in [9.17, 15) is 18.5 Å². The fraction of sp³-hybridized carbons (Fsp3) is 0.500. The highest BCUT2D eigenvalue weighted by Crippen LogP contribution is 2.27. The SMILES string of the molecule is CCNCCCNS(=O)(=O)c1cc([N+](=O)[O-])ccc1OC. The van der Waals surface area contributed by atoms with Gasteiger partial charge in [0.25, 0.3) is 5.69 Å². The van der Waals surface area contributed by atoms with Crippen LogP contribution in [-0.4, -0.2) is 40.1 Å². The van der Waals surface area contributed by atoms with Crippen LogP contribution in [0.15, 0.2) is 23.1 Å². The molecule has 0 atom stereocenters. The van der Waals surface area contributed by atoms with E-state index in [4.69, 9.17) is 4.74 Å². The third kappa shape index (κ3) is 4.96. The molecule has 0 aliphatic rings. The summed E-state index contributed by atoms with van der Waals surface area (Å²) in [5.41, 5.74) is -0.302. The molecular formula is C12H19N3O5S. The summed E-state index contributed by atoms with van der Waals surface area (Å²) in [5, 5.41) is 13.8. The van der Waals surface area contributed by atoms with Crippen LogP contribution < -0.4 is 14.8 Å². The molecule has 9 heteroatoms. The fourth-order valence-electron chi connectivity index (χ4n) is 1.66. The minimum Gasteiger partial charge on any atom is -0.495 e. The van der Waals surface area contributed by atoms with Gasteiger partial charge in [-0.2, -0.15) is 0 Å². The van der Waals surface area contributed by atoms with Gasteiger partial charge in [-0.15, -0.1) is 0 Å². The highest BCUT2D eigenvalue weighted by molar-refractivity contribution is 7.89. The molecule has 0 fully saturated rings. The van der Waals surface area contributed by atoms with Gasteiger partial charge in [-0.25, -0.2) is 13.1 Å². The highest BCUT2D eigenvalue weighted by Gasteiger charge is 2.22. The number of nitro benzene ring substituents is 1. The van der Waals surface area contributed by atoms with Crippen LogP contribution in [0.2, 0.25) is 0 Å². The Morgan fingerprint density at radius 2 is 2.05 bits per heavy atom. The van der Waals surface area contributed by atoms with Gasteiger partial charge in [-0.1, -0.05) is 6.92 Å². The number of nitrogens with zero attached hydrogens (tertiary/aromatic N) is 1. The van der Waals surface area contributed by atoms with Crippen molar-refractivity contribution in [2.75, 3.05) is 26.7 Å². The summed E-state index contributed by atoms with van der Waals surface area (Å²) >= 11 is 0. The molecule has 0 radical (unpaired) electrons. The van der Waals surface area contributed by atoms with E-state index in [2.05, 4.69) is 10.0 Å². The number of benzene rings is 1. The quantitative estimate of drug-likeness (QED) is 0.397. The van der Waals surface area contributed by atoms with Crippen molar-refractivity contribution < 1.29 is 18.1 Å². The van der Waals surface area contributed by atoms with Crippen molar-refractivity contribution in [3.63, 3.8) is 0 Å². The van der Waals surface area contributed by atoms with Gasteiger partial charge >= 0.3 is 0 Å². The summed E-state index contributed by atoms with van der Waals surface area (Å²) in [7, 11) is -2.54. The van der Waals surface area contributed by atoms with E-state index in [1.165, 1.54) is 19.2 Å². The Balaban J connectivity index is 2.90. The van der Waals surface area contributed by atoms with Crippen LogP contribution in [0.3, 0.4) is 0 Å². The molecule has 0 spiro atoms. The summed E-state index contributed by atoms with van der Waals surface area (Å²) < 4.78 is 31.7. The van der Waals surface area contributed by atoms with Crippen molar-refractivity contribution in [1.82, 2.24) is 10.0 Å². The standard InChI is InChI=1S/C12H19N3O5S/c1-3-13-7-4-8-14-21(18,19)12-9-10(15(16)17)5-6-11(12)20-2/h5-6,9,13-14H,3-4,7-8H2,1-2H3. The van der Waals surface area contributed by atoms with Crippen molar-refractivity contribution in [2.45, 2.75) is 18.2 Å². The minimum atomic E-state index is -3.85. The predicted octanol–water partition coefficient (Wildman–Crippen LogP) is 0.881. The molecule has 0 saturated carbocycles. The molecule has 0 aliphatic carbocycles. The predicted molar refractivity (Wildman–Crippen MR) is 78.0 cm³/mol. The van der Waals surface area contributed by atoms with E-state index in [0.29, 0.717) is 13.0 Å². The second-order valence-corrected chi connectivity index (χ2v) is 5.93. The van der Waals surface area contributed by atoms with Gasteiger partial charge in [0, 0.05) is 18.7 Å². The van der Waals surface area contributed by atoms with Crippen molar-refractivity contribution >= 4 is 15.7 Å². The lowest BCUT2D eigenvalue weighted by molar-refractivity contribution is -0.385. The third-order valence-electron chi connectivity index (χ3n) is 2.72. The first-order valence-electron chi connectivity index (χ1n) is 6.45. The molecule has 0 aromatic heterocycles. The van der Waals surface area contributed by atoms with Crippen LogP contribution in [0.1, 0.15) is 13.3 Å². The zero-order chi connectivity index (χ0) is 15.9. The van der Waals surface area contributed by atoms with E-state index in [-0.39, 0.29) is 22.9 Å². The van der Waals surface area contributed by atoms with Crippen LogP contribution in [0, 0.1) is 10.1 Å². The Morgan fingerprint density at radius 1 is 1.33 bits per heavy atom. The van der Waals surface area contributed by atoms with Crippen LogP contribution >= 0.6 is 0 Å². The first kappa shape index (κ1) is 17.3. The lowest BCUT2D eigenvalue weighted by Gasteiger charge is -2.10. The molecule has 0 bridgehead atoms. The van der Waals surface area contributed by atoms with Crippen LogP contribution in [0.5, 0.6) is 5.75 Å². The number of rotatable bonds is 9. The number of ether oxygens (including phenoxy) is 1. The Hall–Kier alpha value is -1.71. The normalized spacial score (nSPS) is 11.3. The van der Waals surface area contributed by atoms with E-state index in [1.54, 1.807) is 0 Å². The molecule has 1 rings (SSSR count). The van der Waals surface area contributed by atoms with Gasteiger partial charge in [0.05, 0.1) is 12.0 Å². The first-order valence-corrected chi connectivity index (χ1v) is 7.93. The summed E-state index contributed by atoms with van der Waals surface area (Å²) in [6.45, 7) is 3.69. The minimum absolute atomic E-state index is 0.0692. The van der Waals surface area contributed by atoms with Gasteiger partial charge < -0.3 is 10.1 Å². The van der Waals surface area contributed by atoms with Crippen LogP contribution in [0.25, 0.3) is 0 Å². The molecule has 0 amide bonds. The number of hydrogen-bond donors (Lipinski definition) is 2. The lowest BCUT2D eigenvalue weighted by atomic mass is 10.3. The molecule has 1 aromatic rings. The summed E-state index contributed by atoms with van der Waals surface area (Å²) in [6, 6.07) is 3.46. The Labute approximate surface area is 123 Å². The second kappa shape index (κ2) is 7.91. The number of sulfonamides is 1. The molecule has 8 nitrogen and oxygen atoms in total. The monoisotopic (exact) mass is 317 g/mol. The van der Waals surface area contributed by atoms with Crippen LogP contribution in [0.4, 0.5) is 5.69 Å². The van der Waals surface area contributed by atoms with Gasteiger partial charge in [-0.05, 0) is 25.6 Å². The van der Waals surface area contributed by atoms with Crippen molar-refractivity contribution in [3.05, 3.63) is 28.3 Å². The molecule has 118 valence electrons. The molecule has 0 saturated heterocycles. The van der Waals surface area contributed by atoms with Crippen molar-refractivity contribution in [1.29, 1.82) is 0 Å². The maximum Gasteiger partial charge on any atom is 0.271 e. The summed E-state index contributed by atoms with van der Waals surface area (Å²) in [4.78, 5) is 9.87. The van der Waals surface area contributed by atoms with E-state index < -0.39 is 14.9 Å². The fourth-order valence-corrected chi connectivity index (χ4v) is 2.92. The number of nitrogens with one attached hydrogen (secondary N) is 2. The molecule has 1 aromatic carbocycles. The number of hydrogen-bond acceptors (Lipinski definition) is 6. The first-order chi connectivity index (χ1) is 9.92. The molecule has 0 unspecified atom stereocenters. The lowest BCUT2D eigenvalue weighted by Crippen LogP contribution is -2.27. The Bertz CT molecular complexity index is 589. The largest absolute Gasteiger partial charge is 0.495 e. The number of methoxy groups -OCH3 is 1. The average molecular weight is 317 g/mol. The highest BCUT2D eigenvalue weighted by atomic mass is 32.2. The Kier molecular flexibility index (Phi) is 6.53. The molecular weight excluding hydrogens is 298 g/mol. The molecule has 0 heterocycles. The Morgan fingerprint density at radius 3 is 2.62 bits per heavy atom. The molecule has 21 heavy (non-hydrogen) atoms. The maximum absolute atomic E-state index is 12.2. The topological polar surface area (TPSA) is 111 Å². The van der Waals surface area contributed by atoms with Crippen molar-refractivity contribution in [2.24, 2.45) is 0 Å². The smallest absolute Gasteiger partial charge is 0.271 e. The third-order valence-corrected chi connectivity index (χ3v) is 4.20. The molecule has 2 N–H and O–H groups in total. The van der Waals surface area contributed by atoms with Gasteiger partial charge in [0.1, 0.15) is 10.6 Å². The number of nitro groups is 1. The van der Waals surface area contributed by atoms with Gasteiger partial charge in [0.15, 0.2) is 0 Å².